The summed E-state index contributed by atoms with van der Waals surface area (Å²) in [5, 5.41) is 4.79. The fraction of sp³-hybridized carbons (Fsp3) is 0.133. The molecule has 0 fully saturated rings. The van der Waals surface area contributed by atoms with Crippen molar-refractivity contribution in [3.05, 3.63) is 123 Å². The molecule has 8 heteroatoms. The number of hydrogen-bond acceptors (Lipinski definition) is 5. The van der Waals surface area contributed by atoms with Gasteiger partial charge in [0.25, 0.3) is 5.91 Å². The molecule has 0 aliphatic heterocycles. The molecule has 0 aliphatic carbocycles. The third-order valence-electron chi connectivity index (χ3n) is 5.37. The zero-order valence-corrected chi connectivity index (χ0v) is 23.0. The summed E-state index contributed by atoms with van der Waals surface area (Å²) in [4.78, 5) is 12.8. The Bertz CT molecular complexity index is 1410. The van der Waals surface area contributed by atoms with Crippen LogP contribution in [0.4, 0.5) is 0 Å². The van der Waals surface area contributed by atoms with E-state index >= 15 is 0 Å². The van der Waals surface area contributed by atoms with E-state index in [1.54, 1.807) is 18.2 Å². The molecule has 0 saturated heterocycles. The molecule has 4 aromatic carbocycles. The summed E-state index contributed by atoms with van der Waals surface area (Å²) in [7, 11) is 0. The van der Waals surface area contributed by atoms with Gasteiger partial charge in [-0.15, -0.1) is 0 Å². The van der Waals surface area contributed by atoms with Crippen molar-refractivity contribution in [2.45, 2.75) is 20.1 Å². The molecule has 0 bridgehead atoms. The normalized spacial score (nSPS) is 10.8. The predicted octanol–water partition coefficient (Wildman–Crippen LogP) is 7.42. The van der Waals surface area contributed by atoms with Crippen LogP contribution in [0.25, 0.3) is 0 Å². The van der Waals surface area contributed by atoms with Crippen molar-refractivity contribution in [3.8, 4) is 17.2 Å². The van der Waals surface area contributed by atoms with E-state index in [-0.39, 0.29) is 5.91 Å². The van der Waals surface area contributed by atoms with Gasteiger partial charge in [-0.3, -0.25) is 4.79 Å². The van der Waals surface area contributed by atoms with Crippen LogP contribution in [0, 0.1) is 0 Å². The summed E-state index contributed by atoms with van der Waals surface area (Å²) in [6, 6.07) is 27.9. The summed E-state index contributed by atoms with van der Waals surface area (Å²) in [5.41, 5.74) is 5.64. The molecule has 0 aromatic heterocycles. The lowest BCUT2D eigenvalue weighted by Crippen LogP contribution is -2.18. The number of hydrazone groups is 1. The Morgan fingerprint density at radius 3 is 2.37 bits per heavy atom. The first kappa shape index (κ1) is 27.2. The highest BCUT2D eigenvalue weighted by Crippen LogP contribution is 2.29. The number of rotatable bonds is 11. The quantitative estimate of drug-likeness (QED) is 0.145. The van der Waals surface area contributed by atoms with Gasteiger partial charge in [-0.05, 0) is 66.6 Å². The third-order valence-corrected chi connectivity index (χ3v) is 6.10. The summed E-state index contributed by atoms with van der Waals surface area (Å²) >= 11 is 9.53. The van der Waals surface area contributed by atoms with E-state index in [4.69, 9.17) is 25.8 Å². The van der Waals surface area contributed by atoms with Gasteiger partial charge in [-0.25, -0.2) is 5.43 Å². The van der Waals surface area contributed by atoms with Crippen molar-refractivity contribution in [2.75, 3.05) is 6.61 Å². The van der Waals surface area contributed by atoms with E-state index in [0.29, 0.717) is 53.2 Å². The second-order valence-electron chi connectivity index (χ2n) is 8.17. The Kier molecular flexibility index (Phi) is 9.78. The Balaban J connectivity index is 1.41. The summed E-state index contributed by atoms with van der Waals surface area (Å²) in [6.45, 7) is 3.05. The average Bonchev–Trinajstić information content (AvgIpc) is 2.92. The van der Waals surface area contributed by atoms with Crippen LogP contribution in [-0.4, -0.2) is 18.7 Å². The molecule has 194 valence electrons. The van der Waals surface area contributed by atoms with Crippen LogP contribution in [-0.2, 0) is 13.2 Å². The first-order valence-corrected chi connectivity index (χ1v) is 13.1. The minimum Gasteiger partial charge on any atom is -0.490 e. The van der Waals surface area contributed by atoms with Crippen molar-refractivity contribution in [2.24, 2.45) is 5.10 Å². The number of ether oxygens (including phenoxy) is 3. The molecule has 0 atom stereocenters. The second kappa shape index (κ2) is 13.7. The highest BCUT2D eigenvalue weighted by Gasteiger charge is 2.12. The fourth-order valence-electron chi connectivity index (χ4n) is 3.54. The maximum atomic E-state index is 12.8. The van der Waals surface area contributed by atoms with Crippen molar-refractivity contribution < 1.29 is 19.0 Å². The largest absolute Gasteiger partial charge is 0.490 e. The lowest BCUT2D eigenvalue weighted by molar-refractivity contribution is 0.0954. The molecule has 0 radical (unpaired) electrons. The Morgan fingerprint density at radius 1 is 0.842 bits per heavy atom. The first-order chi connectivity index (χ1) is 18.5. The number of hydrogen-bond donors (Lipinski definition) is 1. The van der Waals surface area contributed by atoms with E-state index in [2.05, 4.69) is 26.5 Å². The van der Waals surface area contributed by atoms with Crippen LogP contribution in [0.3, 0.4) is 0 Å². The second-order valence-corrected chi connectivity index (χ2v) is 9.52. The molecular weight excluding hydrogens is 568 g/mol. The van der Waals surface area contributed by atoms with Crippen molar-refractivity contribution in [3.63, 3.8) is 0 Å². The van der Waals surface area contributed by atoms with Crippen molar-refractivity contribution in [1.82, 2.24) is 5.43 Å². The van der Waals surface area contributed by atoms with Crippen molar-refractivity contribution in [1.29, 1.82) is 0 Å². The van der Waals surface area contributed by atoms with E-state index in [9.17, 15) is 4.79 Å². The highest BCUT2D eigenvalue weighted by molar-refractivity contribution is 9.10. The molecule has 0 spiro atoms. The van der Waals surface area contributed by atoms with E-state index in [1.807, 2.05) is 79.7 Å². The monoisotopic (exact) mass is 592 g/mol. The molecule has 0 aliphatic rings. The Labute approximate surface area is 235 Å². The van der Waals surface area contributed by atoms with Crippen LogP contribution >= 0.6 is 27.5 Å². The molecule has 6 nitrogen and oxygen atoms in total. The van der Waals surface area contributed by atoms with E-state index < -0.39 is 0 Å². The van der Waals surface area contributed by atoms with Gasteiger partial charge in [0.1, 0.15) is 19.0 Å². The minimum atomic E-state index is -0.381. The van der Waals surface area contributed by atoms with Gasteiger partial charge in [0.2, 0.25) is 0 Å². The van der Waals surface area contributed by atoms with Gasteiger partial charge in [0.05, 0.1) is 12.8 Å². The van der Waals surface area contributed by atoms with Gasteiger partial charge >= 0.3 is 0 Å². The zero-order chi connectivity index (χ0) is 26.7. The molecule has 1 amide bonds. The third kappa shape index (κ3) is 7.84. The van der Waals surface area contributed by atoms with E-state index in [1.165, 1.54) is 6.21 Å². The number of amides is 1. The molecule has 38 heavy (non-hydrogen) atoms. The van der Waals surface area contributed by atoms with Crippen LogP contribution in [0.5, 0.6) is 17.2 Å². The van der Waals surface area contributed by atoms with Crippen LogP contribution in [0.15, 0.2) is 101 Å². The maximum absolute atomic E-state index is 12.8. The first-order valence-electron chi connectivity index (χ1n) is 12.0. The van der Waals surface area contributed by atoms with Gasteiger partial charge in [-0.1, -0.05) is 70.0 Å². The van der Waals surface area contributed by atoms with E-state index in [0.717, 1.165) is 15.6 Å². The van der Waals surface area contributed by atoms with Gasteiger partial charge in [0.15, 0.2) is 11.5 Å². The number of nitrogens with zero attached hydrogens (tertiary/aromatic N) is 1. The number of carbonyl (C=O) groups is 1. The standard InChI is InChI=1S/C30H26BrClN2O4/c1-2-36-29-17-23(11-13-28(29)38-19-21-7-4-3-5-8-21)30(35)34-33-18-24-16-25(31)12-14-27(24)37-20-22-9-6-10-26(32)15-22/h3-18H,2,19-20H2,1H3,(H,34,35)/b33-18+. The Morgan fingerprint density at radius 2 is 1.58 bits per heavy atom. The van der Waals surface area contributed by atoms with Crippen LogP contribution in [0.1, 0.15) is 34.0 Å². The predicted molar refractivity (Wildman–Crippen MR) is 153 cm³/mol. The lowest BCUT2D eigenvalue weighted by atomic mass is 10.2. The minimum absolute atomic E-state index is 0.342. The Hall–Kier alpha value is -3.81. The van der Waals surface area contributed by atoms with Gasteiger partial charge in [0, 0.05) is 20.6 Å². The smallest absolute Gasteiger partial charge is 0.271 e. The zero-order valence-electron chi connectivity index (χ0n) is 20.7. The summed E-state index contributed by atoms with van der Waals surface area (Å²) in [5.74, 6) is 1.29. The van der Waals surface area contributed by atoms with Gasteiger partial charge in [-0.2, -0.15) is 5.10 Å². The SMILES string of the molecule is CCOc1cc(C(=O)N/N=C/c2cc(Br)ccc2OCc2cccc(Cl)c2)ccc1OCc1ccccc1. The molecule has 4 rings (SSSR count). The summed E-state index contributed by atoms with van der Waals surface area (Å²) in [6.07, 6.45) is 1.54. The molecule has 0 heterocycles. The highest BCUT2D eigenvalue weighted by atomic mass is 79.9. The molecule has 1 N–H and O–H groups in total. The number of halogens is 2. The van der Waals surface area contributed by atoms with Crippen LogP contribution < -0.4 is 19.6 Å². The number of nitrogens with one attached hydrogen (secondary N) is 1. The molecule has 0 unspecified atom stereocenters. The average molecular weight is 594 g/mol. The maximum Gasteiger partial charge on any atom is 0.271 e. The van der Waals surface area contributed by atoms with Crippen LogP contribution in [0.2, 0.25) is 5.02 Å². The van der Waals surface area contributed by atoms with Crippen molar-refractivity contribution >= 4 is 39.7 Å². The molecule has 4 aromatic rings. The fourth-order valence-corrected chi connectivity index (χ4v) is 4.13. The van der Waals surface area contributed by atoms with Gasteiger partial charge < -0.3 is 14.2 Å². The summed E-state index contributed by atoms with van der Waals surface area (Å²) < 4.78 is 18.5. The number of benzene rings is 4. The number of carbonyl (C=O) groups excluding carboxylic acids is 1. The lowest BCUT2D eigenvalue weighted by Gasteiger charge is -2.13. The molecular formula is C30H26BrClN2O4. The molecule has 0 saturated carbocycles. The topological polar surface area (TPSA) is 69.2 Å².